The Morgan fingerprint density at radius 1 is 1.00 bits per heavy atom. The van der Waals surface area contributed by atoms with E-state index in [1.54, 1.807) is 12.1 Å². The van der Waals surface area contributed by atoms with Gasteiger partial charge in [0.2, 0.25) is 0 Å². The average Bonchev–Trinajstić information content (AvgIpc) is 2.47. The minimum absolute atomic E-state index is 0.237. The lowest BCUT2D eigenvalue weighted by Crippen LogP contribution is -2.28. The smallest absolute Gasteiger partial charge is 0.319 e. The highest BCUT2D eigenvalue weighted by Crippen LogP contribution is 2.11. The Labute approximate surface area is 128 Å². The van der Waals surface area contributed by atoms with Gasteiger partial charge in [0.1, 0.15) is 0 Å². The summed E-state index contributed by atoms with van der Waals surface area (Å²) in [5.41, 5.74) is 2.86. The van der Waals surface area contributed by atoms with E-state index in [1.807, 2.05) is 36.4 Å². The van der Waals surface area contributed by atoms with Crippen molar-refractivity contribution in [1.29, 1.82) is 0 Å². The Kier molecular flexibility index (Phi) is 5.32. The number of carbonyl (C=O) groups is 1. The maximum absolute atomic E-state index is 11.7. The number of hydrogen-bond acceptors (Lipinski definition) is 2. The molecule has 2 rings (SSSR count). The molecule has 5 heteroatoms. The van der Waals surface area contributed by atoms with Crippen LogP contribution < -0.4 is 10.6 Å². The largest absolute Gasteiger partial charge is 0.334 e. The van der Waals surface area contributed by atoms with Crippen LogP contribution in [0.4, 0.5) is 10.5 Å². The van der Waals surface area contributed by atoms with Gasteiger partial charge in [-0.05, 0) is 35.4 Å². The van der Waals surface area contributed by atoms with Gasteiger partial charge in [0.05, 0.1) is 0 Å². The molecule has 0 bridgehead atoms. The van der Waals surface area contributed by atoms with Gasteiger partial charge in [0.15, 0.2) is 0 Å². The van der Waals surface area contributed by atoms with E-state index in [2.05, 4.69) is 23.3 Å². The number of amides is 2. The summed E-state index contributed by atoms with van der Waals surface area (Å²) >= 11 is 9.99. The van der Waals surface area contributed by atoms with Crippen LogP contribution in [0.2, 0.25) is 5.02 Å². The first-order valence-electron chi connectivity index (χ1n) is 6.16. The molecule has 0 aromatic heterocycles. The summed E-state index contributed by atoms with van der Waals surface area (Å²) < 4.78 is 0. The van der Waals surface area contributed by atoms with Gasteiger partial charge >= 0.3 is 6.03 Å². The standard InChI is InChI=1S/C15H15ClN2OS/c16-13-5-1-11(2-6-13)9-17-15(19)18-14-7-3-12(10-20)4-8-14/h1-8,20H,9-10H2,(H2,17,18,19). The van der Waals surface area contributed by atoms with Crippen LogP contribution in [0.3, 0.4) is 0 Å². The molecule has 2 N–H and O–H groups in total. The van der Waals surface area contributed by atoms with Crippen LogP contribution in [0.5, 0.6) is 0 Å². The molecule has 0 radical (unpaired) electrons. The second-order valence-electron chi connectivity index (χ2n) is 4.29. The topological polar surface area (TPSA) is 41.1 Å². The quantitative estimate of drug-likeness (QED) is 0.732. The molecule has 2 aromatic carbocycles. The third-order valence-electron chi connectivity index (χ3n) is 2.76. The van der Waals surface area contributed by atoms with Crippen molar-refractivity contribution < 1.29 is 4.79 Å². The van der Waals surface area contributed by atoms with Crippen LogP contribution in [0.1, 0.15) is 11.1 Å². The van der Waals surface area contributed by atoms with Crippen molar-refractivity contribution >= 4 is 35.9 Å². The Balaban J connectivity index is 1.84. The predicted molar refractivity (Wildman–Crippen MR) is 86.4 cm³/mol. The molecule has 3 nitrogen and oxygen atoms in total. The molecule has 2 aromatic rings. The van der Waals surface area contributed by atoms with E-state index in [0.717, 1.165) is 16.8 Å². The summed E-state index contributed by atoms with van der Waals surface area (Å²) in [7, 11) is 0. The lowest BCUT2D eigenvalue weighted by atomic mass is 10.2. The Morgan fingerprint density at radius 3 is 2.20 bits per heavy atom. The fourth-order valence-electron chi connectivity index (χ4n) is 1.65. The minimum atomic E-state index is -0.237. The number of nitrogens with one attached hydrogen (secondary N) is 2. The second kappa shape index (κ2) is 7.22. The molecule has 104 valence electrons. The van der Waals surface area contributed by atoms with E-state index in [4.69, 9.17) is 11.6 Å². The molecule has 0 saturated carbocycles. The number of hydrogen-bond donors (Lipinski definition) is 3. The van der Waals surface area contributed by atoms with Gasteiger partial charge in [-0.15, -0.1) is 0 Å². The Hall–Kier alpha value is -1.65. The monoisotopic (exact) mass is 306 g/mol. The lowest BCUT2D eigenvalue weighted by Gasteiger charge is -2.08. The van der Waals surface area contributed by atoms with E-state index in [1.165, 1.54) is 0 Å². The van der Waals surface area contributed by atoms with Gasteiger partial charge in [-0.2, -0.15) is 12.6 Å². The first kappa shape index (κ1) is 14.8. The molecule has 2 amide bonds. The highest BCUT2D eigenvalue weighted by Gasteiger charge is 2.01. The summed E-state index contributed by atoms with van der Waals surface area (Å²) in [5, 5.41) is 6.24. The SMILES string of the molecule is O=C(NCc1ccc(Cl)cc1)Nc1ccc(CS)cc1. The molecule has 0 fully saturated rings. The first-order chi connectivity index (χ1) is 9.67. The summed E-state index contributed by atoms with van der Waals surface area (Å²) in [6, 6.07) is 14.7. The van der Waals surface area contributed by atoms with E-state index < -0.39 is 0 Å². The normalized spacial score (nSPS) is 10.1. The highest BCUT2D eigenvalue weighted by molar-refractivity contribution is 7.79. The third-order valence-corrected chi connectivity index (χ3v) is 3.38. The molecule has 0 spiro atoms. The maximum Gasteiger partial charge on any atom is 0.319 e. The van der Waals surface area contributed by atoms with Gasteiger partial charge in [0, 0.05) is 23.0 Å². The van der Waals surface area contributed by atoms with Gasteiger partial charge < -0.3 is 10.6 Å². The van der Waals surface area contributed by atoms with Crippen LogP contribution in [-0.2, 0) is 12.3 Å². The molecule has 20 heavy (non-hydrogen) atoms. The number of urea groups is 1. The zero-order valence-corrected chi connectivity index (χ0v) is 12.4. The zero-order valence-electron chi connectivity index (χ0n) is 10.8. The number of carbonyl (C=O) groups excluding carboxylic acids is 1. The molecular formula is C15H15ClN2OS. The van der Waals surface area contributed by atoms with Crippen molar-refractivity contribution in [3.63, 3.8) is 0 Å². The zero-order chi connectivity index (χ0) is 14.4. The van der Waals surface area contributed by atoms with Gasteiger partial charge in [-0.25, -0.2) is 4.79 Å². The summed E-state index contributed by atoms with van der Waals surface area (Å²) in [4.78, 5) is 11.7. The molecular weight excluding hydrogens is 292 g/mol. The van der Waals surface area contributed by atoms with Crippen LogP contribution >= 0.6 is 24.2 Å². The van der Waals surface area contributed by atoms with Crippen LogP contribution in [0.25, 0.3) is 0 Å². The molecule has 0 aliphatic rings. The van der Waals surface area contributed by atoms with Crippen LogP contribution in [0, 0.1) is 0 Å². The van der Waals surface area contributed by atoms with Crippen molar-refractivity contribution in [3.8, 4) is 0 Å². The van der Waals surface area contributed by atoms with E-state index in [0.29, 0.717) is 17.3 Å². The minimum Gasteiger partial charge on any atom is -0.334 e. The molecule has 0 aliphatic carbocycles. The lowest BCUT2D eigenvalue weighted by molar-refractivity contribution is 0.251. The van der Waals surface area contributed by atoms with Crippen molar-refractivity contribution in [2.75, 3.05) is 5.32 Å². The van der Waals surface area contributed by atoms with Crippen molar-refractivity contribution in [1.82, 2.24) is 5.32 Å². The van der Waals surface area contributed by atoms with E-state index in [9.17, 15) is 4.79 Å². The van der Waals surface area contributed by atoms with Crippen LogP contribution in [-0.4, -0.2) is 6.03 Å². The number of thiol groups is 1. The molecule has 0 atom stereocenters. The second-order valence-corrected chi connectivity index (χ2v) is 5.04. The van der Waals surface area contributed by atoms with Crippen molar-refractivity contribution in [2.24, 2.45) is 0 Å². The predicted octanol–water partition coefficient (Wildman–Crippen LogP) is 4.09. The van der Waals surface area contributed by atoms with Crippen LogP contribution in [0.15, 0.2) is 48.5 Å². The number of halogens is 1. The summed E-state index contributed by atoms with van der Waals surface area (Å²) in [6.07, 6.45) is 0. The molecule has 0 saturated heterocycles. The van der Waals surface area contributed by atoms with Gasteiger partial charge in [-0.3, -0.25) is 0 Å². The summed E-state index contributed by atoms with van der Waals surface area (Å²) in [5.74, 6) is 0.684. The number of rotatable bonds is 4. The fraction of sp³-hybridized carbons (Fsp3) is 0.133. The first-order valence-corrected chi connectivity index (χ1v) is 7.17. The highest BCUT2D eigenvalue weighted by atomic mass is 35.5. The maximum atomic E-state index is 11.7. The van der Waals surface area contributed by atoms with Gasteiger partial charge in [0.25, 0.3) is 0 Å². The number of anilines is 1. The third kappa shape index (κ3) is 4.47. The average molecular weight is 307 g/mol. The Bertz CT molecular complexity index is 569. The van der Waals surface area contributed by atoms with Crippen molar-refractivity contribution in [2.45, 2.75) is 12.3 Å². The summed E-state index contributed by atoms with van der Waals surface area (Å²) in [6.45, 7) is 0.456. The number of benzene rings is 2. The molecule has 0 unspecified atom stereocenters. The van der Waals surface area contributed by atoms with Crippen molar-refractivity contribution in [3.05, 3.63) is 64.7 Å². The van der Waals surface area contributed by atoms with E-state index in [-0.39, 0.29) is 6.03 Å². The Morgan fingerprint density at radius 2 is 1.60 bits per heavy atom. The molecule has 0 aliphatic heterocycles. The van der Waals surface area contributed by atoms with Gasteiger partial charge in [-0.1, -0.05) is 35.9 Å². The molecule has 0 heterocycles. The fourth-order valence-corrected chi connectivity index (χ4v) is 1.99. The van der Waals surface area contributed by atoms with E-state index >= 15 is 0 Å².